The lowest BCUT2D eigenvalue weighted by Gasteiger charge is -2.35. The smallest absolute Gasteiger partial charge is 0.292 e. The number of benzene rings is 1. The van der Waals surface area contributed by atoms with E-state index < -0.39 is 38.1 Å². The predicted molar refractivity (Wildman–Crippen MR) is 157 cm³/mol. The summed E-state index contributed by atoms with van der Waals surface area (Å²) in [4.78, 5) is 28.0. The maximum Gasteiger partial charge on any atom is 0.331 e. The first-order valence-corrected chi connectivity index (χ1v) is 16.8. The summed E-state index contributed by atoms with van der Waals surface area (Å²) >= 11 is 0. The van der Waals surface area contributed by atoms with Gasteiger partial charge < -0.3 is 0 Å². The van der Waals surface area contributed by atoms with Crippen LogP contribution in [-0.4, -0.2) is 53.2 Å². The molecule has 3 saturated carbocycles. The Hall–Kier alpha value is -2.15. The maximum absolute atomic E-state index is 14.4. The Balaban J connectivity index is 1.45. The first-order chi connectivity index (χ1) is 19.7. The van der Waals surface area contributed by atoms with Crippen molar-refractivity contribution in [2.75, 3.05) is 13.6 Å². The van der Waals surface area contributed by atoms with Crippen molar-refractivity contribution in [2.24, 2.45) is 11.3 Å². The monoisotopic (exact) mass is 607 g/mol. The minimum atomic E-state index is -3.93. The highest BCUT2D eigenvalue weighted by Crippen LogP contribution is 2.61. The maximum atomic E-state index is 14.4. The van der Waals surface area contributed by atoms with E-state index in [0.717, 1.165) is 51.4 Å². The van der Waals surface area contributed by atoms with Crippen molar-refractivity contribution in [3.05, 3.63) is 39.0 Å². The van der Waals surface area contributed by atoms with Gasteiger partial charge in [0.2, 0.25) is 10.0 Å². The molecule has 9 nitrogen and oxygen atoms in total. The molecule has 1 spiro atoms. The van der Waals surface area contributed by atoms with Gasteiger partial charge in [-0.15, -0.1) is 0 Å². The summed E-state index contributed by atoms with van der Waals surface area (Å²) in [6.07, 6.45) is 9.74. The molecule has 1 saturated heterocycles. The second kappa shape index (κ2) is 10.2. The van der Waals surface area contributed by atoms with E-state index in [1.54, 1.807) is 0 Å². The molecule has 42 heavy (non-hydrogen) atoms. The van der Waals surface area contributed by atoms with Gasteiger partial charge in [0.15, 0.2) is 0 Å². The van der Waals surface area contributed by atoms with Crippen LogP contribution in [0.2, 0.25) is 0 Å². The van der Waals surface area contributed by atoms with Crippen LogP contribution in [0.25, 0.3) is 10.9 Å². The third kappa shape index (κ3) is 5.37. The Morgan fingerprint density at radius 2 is 1.60 bits per heavy atom. The first-order valence-electron chi connectivity index (χ1n) is 15.4. The number of halogens is 2. The molecule has 4 fully saturated rings. The molecule has 1 aromatic heterocycles. The number of hydrogen-bond acceptors (Lipinski definition) is 6. The summed E-state index contributed by atoms with van der Waals surface area (Å²) in [6.45, 7) is 3.78. The van der Waals surface area contributed by atoms with Gasteiger partial charge in [0.05, 0.1) is 21.2 Å². The van der Waals surface area contributed by atoms with Crippen LogP contribution >= 0.6 is 0 Å². The van der Waals surface area contributed by atoms with Crippen molar-refractivity contribution in [3.8, 4) is 0 Å². The summed E-state index contributed by atoms with van der Waals surface area (Å²) in [5.41, 5.74) is 0.454. The molecule has 0 amide bonds. The van der Waals surface area contributed by atoms with Crippen LogP contribution in [0.5, 0.6) is 0 Å². The fraction of sp³-hybridized carbons (Fsp3) is 0.733. The van der Waals surface area contributed by atoms with Gasteiger partial charge in [-0.3, -0.25) is 13.9 Å². The zero-order valence-corrected chi connectivity index (χ0v) is 25.7. The predicted octanol–water partition coefficient (Wildman–Crippen LogP) is 3.98. The van der Waals surface area contributed by atoms with Gasteiger partial charge in [0.1, 0.15) is 0 Å². The van der Waals surface area contributed by atoms with E-state index in [9.17, 15) is 26.8 Å². The number of aromatic nitrogens is 2. The lowest BCUT2D eigenvalue weighted by atomic mass is 9.78. The summed E-state index contributed by atoms with van der Waals surface area (Å²) < 4.78 is 60.4. The van der Waals surface area contributed by atoms with Crippen molar-refractivity contribution in [1.29, 1.82) is 0 Å². The zero-order valence-electron chi connectivity index (χ0n) is 24.8. The van der Waals surface area contributed by atoms with E-state index in [1.807, 2.05) is 19.0 Å². The van der Waals surface area contributed by atoms with Gasteiger partial charge in [-0.2, -0.15) is 0 Å². The Morgan fingerprint density at radius 3 is 2.19 bits per heavy atom. The minimum absolute atomic E-state index is 0.0498. The summed E-state index contributed by atoms with van der Waals surface area (Å²) in [5.74, 6) is -2.97. The molecular formula is C30H43F2N5O4S. The van der Waals surface area contributed by atoms with Crippen molar-refractivity contribution >= 4 is 20.9 Å². The molecule has 3 aliphatic carbocycles. The summed E-state index contributed by atoms with van der Waals surface area (Å²) in [6, 6.07) is 4.08. The molecule has 1 aliphatic heterocycles. The van der Waals surface area contributed by atoms with Gasteiger partial charge in [0, 0.05) is 50.1 Å². The number of hydrogen-bond donors (Lipinski definition) is 2. The minimum Gasteiger partial charge on any atom is -0.292 e. The van der Waals surface area contributed by atoms with Crippen LogP contribution in [0.4, 0.5) is 8.78 Å². The topological polar surface area (TPSA) is 105 Å². The highest BCUT2D eigenvalue weighted by molar-refractivity contribution is 7.89. The van der Waals surface area contributed by atoms with Crippen molar-refractivity contribution in [1.82, 2.24) is 24.3 Å². The van der Waals surface area contributed by atoms with Crippen molar-refractivity contribution in [2.45, 2.75) is 119 Å². The lowest BCUT2D eigenvalue weighted by Crippen LogP contribution is -2.51. The van der Waals surface area contributed by atoms with E-state index in [0.29, 0.717) is 6.54 Å². The molecule has 2 heterocycles. The average molecular weight is 608 g/mol. The Bertz CT molecular complexity index is 1610. The number of sulfonamides is 1. The highest BCUT2D eigenvalue weighted by atomic mass is 32.2. The molecule has 6 rings (SSSR count). The summed E-state index contributed by atoms with van der Waals surface area (Å²) in [7, 11) is -1.96. The van der Waals surface area contributed by atoms with E-state index in [1.165, 1.54) is 47.1 Å². The second-order valence-corrected chi connectivity index (χ2v) is 15.7. The second-order valence-electron chi connectivity index (χ2n) is 14.0. The molecule has 2 unspecified atom stereocenters. The Morgan fingerprint density at radius 1 is 0.976 bits per heavy atom. The highest BCUT2D eigenvalue weighted by Gasteiger charge is 2.68. The molecule has 2 N–H and O–H groups in total. The number of rotatable bonds is 7. The molecule has 0 bridgehead atoms. The fourth-order valence-electron chi connectivity index (χ4n) is 7.23. The quantitative estimate of drug-likeness (QED) is 0.494. The standard InChI is InChI=1S/C30H43F2N5O4S/c1-27(19-30(27,31)32)20-37-24-11-10-22(42(40,41)34-28(2)14-15-28)16-23(24)25(38)36(26(37)39)18-21-17-35(3)33-29(21)12-8-6-4-5-7-9-13-29/h10-11,16,21,33-34H,4-9,12-15,17-20H2,1-3H3. The third-order valence-electron chi connectivity index (χ3n) is 10.4. The lowest BCUT2D eigenvalue weighted by molar-refractivity contribution is 0.0634. The largest absolute Gasteiger partial charge is 0.331 e. The molecule has 2 aromatic rings. The van der Waals surface area contributed by atoms with Crippen LogP contribution in [0.3, 0.4) is 0 Å². The van der Waals surface area contributed by atoms with Crippen LogP contribution in [-0.2, 0) is 23.1 Å². The molecule has 0 radical (unpaired) electrons. The molecule has 232 valence electrons. The van der Waals surface area contributed by atoms with Crippen molar-refractivity contribution < 1.29 is 17.2 Å². The van der Waals surface area contributed by atoms with E-state index in [4.69, 9.17) is 0 Å². The van der Waals surface area contributed by atoms with Gasteiger partial charge in [-0.05, 0) is 50.8 Å². The molecule has 4 aliphatic rings. The van der Waals surface area contributed by atoms with Crippen LogP contribution in [0.15, 0.2) is 32.7 Å². The zero-order chi connectivity index (χ0) is 30.1. The Labute approximate surface area is 245 Å². The molecular weight excluding hydrogens is 564 g/mol. The number of nitrogens with one attached hydrogen (secondary N) is 2. The fourth-order valence-corrected chi connectivity index (χ4v) is 8.72. The van der Waals surface area contributed by atoms with Gasteiger partial charge in [-0.1, -0.05) is 45.4 Å². The number of alkyl halides is 2. The van der Waals surface area contributed by atoms with Gasteiger partial charge >= 0.3 is 5.69 Å². The van der Waals surface area contributed by atoms with E-state index in [-0.39, 0.29) is 46.8 Å². The average Bonchev–Trinajstić information content (AvgIpc) is 3.69. The van der Waals surface area contributed by atoms with E-state index >= 15 is 0 Å². The summed E-state index contributed by atoms with van der Waals surface area (Å²) in [5, 5.41) is 2.09. The Kier molecular flexibility index (Phi) is 7.27. The molecule has 12 heteroatoms. The number of hydrazine groups is 1. The van der Waals surface area contributed by atoms with Crippen LogP contribution in [0, 0.1) is 11.3 Å². The van der Waals surface area contributed by atoms with Crippen LogP contribution < -0.4 is 21.4 Å². The SMILES string of the molecule is CN1CC(Cn2c(=O)c3cc(S(=O)(=O)NC4(C)CC4)ccc3n(CC3(C)CC3(F)F)c2=O)C2(CCCCCCCC2)N1. The number of fused-ring (bicyclic) bond motifs is 1. The van der Waals surface area contributed by atoms with E-state index in [2.05, 4.69) is 10.1 Å². The number of nitrogens with zero attached hydrogens (tertiary/aromatic N) is 3. The van der Waals surface area contributed by atoms with Gasteiger partial charge in [0.25, 0.3) is 11.5 Å². The first kappa shape index (κ1) is 29.9. The molecule has 2 atom stereocenters. The normalized spacial score (nSPS) is 28.8. The third-order valence-corrected chi connectivity index (χ3v) is 12.0. The molecule has 1 aromatic carbocycles. The van der Waals surface area contributed by atoms with Crippen LogP contribution in [0.1, 0.15) is 84.5 Å². The van der Waals surface area contributed by atoms with Crippen molar-refractivity contribution in [3.63, 3.8) is 0 Å². The van der Waals surface area contributed by atoms with Gasteiger partial charge in [-0.25, -0.2) is 37.1 Å².